The molecule has 26 heavy (non-hydrogen) atoms. The molecule has 0 bridgehead atoms. The first kappa shape index (κ1) is 20.2. The molecule has 8 heteroatoms. The van der Waals surface area contributed by atoms with Gasteiger partial charge in [0, 0.05) is 18.6 Å². The second-order valence-electron chi connectivity index (χ2n) is 5.64. The number of amides is 1. The summed E-state index contributed by atoms with van der Waals surface area (Å²) in [4.78, 5) is 12.0. The number of methoxy groups -OCH3 is 1. The van der Waals surface area contributed by atoms with Gasteiger partial charge in [-0.25, -0.2) is 8.42 Å². The van der Waals surface area contributed by atoms with Crippen LogP contribution in [0.5, 0.6) is 5.75 Å². The molecule has 2 aromatic rings. The summed E-state index contributed by atoms with van der Waals surface area (Å²) in [7, 11) is -1.20. The highest BCUT2D eigenvalue weighted by Crippen LogP contribution is 2.28. The lowest BCUT2D eigenvalue weighted by molar-refractivity contribution is -0.121. The number of benzene rings is 2. The Bertz CT molecular complexity index is 857. The number of likely N-dealkylation sites (N-methyl/N-ethyl adjacent to an activating group) is 1. The van der Waals surface area contributed by atoms with Crippen LogP contribution in [0.1, 0.15) is 5.56 Å². The van der Waals surface area contributed by atoms with Crippen molar-refractivity contribution in [2.24, 2.45) is 0 Å². The van der Waals surface area contributed by atoms with Gasteiger partial charge in [0.1, 0.15) is 10.6 Å². The number of carbonyl (C=O) groups is 1. The molecule has 0 aliphatic carbocycles. The molecular formula is C18H21ClN2O4S. The Hall–Kier alpha value is -2.09. The quantitative estimate of drug-likeness (QED) is 0.743. The summed E-state index contributed by atoms with van der Waals surface area (Å²) in [5, 5.41) is 2.99. The van der Waals surface area contributed by atoms with Crippen LogP contribution in [-0.4, -0.2) is 45.9 Å². The lowest BCUT2D eigenvalue weighted by Gasteiger charge is -2.18. The Morgan fingerprint density at radius 1 is 1.19 bits per heavy atom. The van der Waals surface area contributed by atoms with Crippen molar-refractivity contribution in [1.82, 2.24) is 9.62 Å². The van der Waals surface area contributed by atoms with Crippen LogP contribution >= 0.6 is 11.6 Å². The highest BCUT2D eigenvalue weighted by Gasteiger charge is 2.26. The van der Waals surface area contributed by atoms with Crippen molar-refractivity contribution in [2.45, 2.75) is 11.3 Å². The fraction of sp³-hybridized carbons (Fsp3) is 0.278. The minimum Gasteiger partial charge on any atom is -0.495 e. The molecule has 0 heterocycles. The van der Waals surface area contributed by atoms with Crippen LogP contribution in [0.15, 0.2) is 53.4 Å². The van der Waals surface area contributed by atoms with Gasteiger partial charge in [-0.05, 0) is 30.2 Å². The van der Waals surface area contributed by atoms with E-state index in [0.29, 0.717) is 13.0 Å². The van der Waals surface area contributed by atoms with Gasteiger partial charge in [0.25, 0.3) is 0 Å². The summed E-state index contributed by atoms with van der Waals surface area (Å²) < 4.78 is 31.5. The molecule has 2 aromatic carbocycles. The van der Waals surface area contributed by atoms with Crippen LogP contribution in [-0.2, 0) is 21.2 Å². The Morgan fingerprint density at radius 2 is 1.88 bits per heavy atom. The maximum absolute atomic E-state index is 12.7. The van der Waals surface area contributed by atoms with Gasteiger partial charge >= 0.3 is 0 Å². The minimum absolute atomic E-state index is 0.0768. The van der Waals surface area contributed by atoms with E-state index >= 15 is 0 Å². The van der Waals surface area contributed by atoms with Crippen LogP contribution < -0.4 is 10.1 Å². The smallest absolute Gasteiger partial charge is 0.247 e. The van der Waals surface area contributed by atoms with Gasteiger partial charge in [-0.15, -0.1) is 0 Å². The van der Waals surface area contributed by atoms with Gasteiger partial charge in [0.15, 0.2) is 0 Å². The first-order chi connectivity index (χ1) is 12.3. The highest BCUT2D eigenvalue weighted by atomic mass is 35.5. The maximum Gasteiger partial charge on any atom is 0.247 e. The fourth-order valence-corrected chi connectivity index (χ4v) is 3.90. The Balaban J connectivity index is 1.98. The summed E-state index contributed by atoms with van der Waals surface area (Å²) in [6.07, 6.45) is 0.672. The predicted molar refractivity (Wildman–Crippen MR) is 101 cm³/mol. The fourth-order valence-electron chi connectivity index (χ4n) is 2.35. The summed E-state index contributed by atoms with van der Waals surface area (Å²) in [6.45, 7) is 0.129. The third-order valence-electron chi connectivity index (χ3n) is 3.76. The average Bonchev–Trinajstić information content (AvgIpc) is 2.62. The number of nitrogens with zero attached hydrogens (tertiary/aromatic N) is 1. The van der Waals surface area contributed by atoms with Crippen molar-refractivity contribution in [3.63, 3.8) is 0 Å². The van der Waals surface area contributed by atoms with E-state index in [1.807, 2.05) is 30.3 Å². The first-order valence-corrected chi connectivity index (χ1v) is 9.77. The molecular weight excluding hydrogens is 376 g/mol. The van der Waals surface area contributed by atoms with Crippen molar-refractivity contribution in [2.75, 3.05) is 27.2 Å². The SMILES string of the molecule is COc1ccc(Cl)cc1S(=O)(=O)N(C)CC(=O)NCCc1ccccc1. The third-order valence-corrected chi connectivity index (χ3v) is 5.82. The molecule has 0 unspecified atom stereocenters. The second-order valence-corrected chi connectivity index (χ2v) is 8.09. The Kier molecular flexibility index (Phi) is 7.02. The van der Waals surface area contributed by atoms with E-state index < -0.39 is 10.0 Å². The van der Waals surface area contributed by atoms with E-state index in [2.05, 4.69) is 5.32 Å². The maximum atomic E-state index is 12.7. The number of rotatable bonds is 8. The van der Waals surface area contributed by atoms with Crippen LogP contribution in [0.3, 0.4) is 0 Å². The molecule has 1 N–H and O–H groups in total. The van der Waals surface area contributed by atoms with Gasteiger partial charge in [-0.2, -0.15) is 4.31 Å². The monoisotopic (exact) mass is 396 g/mol. The topological polar surface area (TPSA) is 75.7 Å². The molecule has 0 atom stereocenters. The van der Waals surface area contributed by atoms with Crippen molar-refractivity contribution >= 4 is 27.5 Å². The van der Waals surface area contributed by atoms with Crippen molar-refractivity contribution < 1.29 is 17.9 Å². The van der Waals surface area contributed by atoms with Crippen LogP contribution in [0, 0.1) is 0 Å². The largest absolute Gasteiger partial charge is 0.495 e. The number of hydrogen-bond donors (Lipinski definition) is 1. The third kappa shape index (κ3) is 5.20. The molecule has 140 valence electrons. The Morgan fingerprint density at radius 3 is 2.54 bits per heavy atom. The molecule has 0 saturated carbocycles. The summed E-state index contributed by atoms with van der Waals surface area (Å²) in [6, 6.07) is 14.0. The molecule has 0 saturated heterocycles. The van der Waals surface area contributed by atoms with Crippen LogP contribution in [0.25, 0.3) is 0 Å². The van der Waals surface area contributed by atoms with E-state index in [-0.39, 0.29) is 28.1 Å². The molecule has 0 fully saturated rings. The van der Waals surface area contributed by atoms with E-state index in [0.717, 1.165) is 9.87 Å². The first-order valence-electron chi connectivity index (χ1n) is 7.95. The number of nitrogens with one attached hydrogen (secondary N) is 1. The molecule has 0 spiro atoms. The average molecular weight is 397 g/mol. The Labute approximate surface area is 158 Å². The van der Waals surface area contributed by atoms with E-state index in [9.17, 15) is 13.2 Å². The van der Waals surface area contributed by atoms with Gasteiger partial charge in [0.05, 0.1) is 13.7 Å². The van der Waals surface area contributed by atoms with Gasteiger partial charge in [-0.1, -0.05) is 41.9 Å². The minimum atomic E-state index is -3.91. The molecule has 0 radical (unpaired) electrons. The molecule has 6 nitrogen and oxygen atoms in total. The van der Waals surface area contributed by atoms with Crippen molar-refractivity contribution in [3.8, 4) is 5.75 Å². The normalized spacial score (nSPS) is 11.4. The number of halogens is 1. The van der Waals surface area contributed by atoms with Gasteiger partial charge in [-0.3, -0.25) is 4.79 Å². The second kappa shape index (κ2) is 9.02. The van der Waals surface area contributed by atoms with Crippen LogP contribution in [0.4, 0.5) is 0 Å². The molecule has 2 rings (SSSR count). The zero-order chi connectivity index (χ0) is 19.2. The van der Waals surface area contributed by atoms with Gasteiger partial charge < -0.3 is 10.1 Å². The number of hydrogen-bond acceptors (Lipinski definition) is 4. The standard InChI is InChI=1S/C18H21ClN2O4S/c1-21(13-18(22)20-11-10-14-6-4-3-5-7-14)26(23,24)17-12-15(19)8-9-16(17)25-2/h3-9,12H,10-11,13H2,1-2H3,(H,20,22). The van der Waals surface area contributed by atoms with Crippen LogP contribution in [0.2, 0.25) is 5.02 Å². The highest BCUT2D eigenvalue weighted by molar-refractivity contribution is 7.89. The summed E-state index contributed by atoms with van der Waals surface area (Å²) in [5.41, 5.74) is 1.09. The van der Waals surface area contributed by atoms with Gasteiger partial charge in [0.2, 0.25) is 15.9 Å². The zero-order valence-electron chi connectivity index (χ0n) is 14.6. The number of ether oxygens (including phenoxy) is 1. The lowest BCUT2D eigenvalue weighted by Crippen LogP contribution is -2.39. The number of carbonyl (C=O) groups excluding carboxylic acids is 1. The van der Waals surface area contributed by atoms with E-state index in [1.54, 1.807) is 0 Å². The predicted octanol–water partition coefficient (Wildman–Crippen LogP) is 2.33. The molecule has 0 aliphatic heterocycles. The van der Waals surface area contributed by atoms with E-state index in [1.165, 1.54) is 32.4 Å². The summed E-state index contributed by atoms with van der Waals surface area (Å²) >= 11 is 5.90. The van der Waals surface area contributed by atoms with E-state index in [4.69, 9.17) is 16.3 Å². The van der Waals surface area contributed by atoms with Crippen molar-refractivity contribution in [3.05, 3.63) is 59.1 Å². The number of sulfonamides is 1. The lowest BCUT2D eigenvalue weighted by atomic mass is 10.1. The molecule has 0 aliphatic rings. The van der Waals surface area contributed by atoms with Crippen molar-refractivity contribution in [1.29, 1.82) is 0 Å². The zero-order valence-corrected chi connectivity index (χ0v) is 16.2. The summed E-state index contributed by atoms with van der Waals surface area (Å²) in [5.74, 6) is -0.210. The molecule has 0 aromatic heterocycles. The molecule has 1 amide bonds.